The van der Waals surface area contributed by atoms with E-state index < -0.39 is 5.97 Å². The van der Waals surface area contributed by atoms with Gasteiger partial charge >= 0.3 is 12.0 Å². The number of carboxylic acids is 1. The summed E-state index contributed by atoms with van der Waals surface area (Å²) in [4.78, 5) is 27.5. The number of ether oxygens (including phenoxy) is 1. The van der Waals surface area contributed by atoms with Crippen molar-refractivity contribution in [1.82, 2.24) is 9.88 Å². The number of hydrogen-bond donors (Lipinski definition) is 3. The second-order valence-corrected chi connectivity index (χ2v) is 4.59. The molecule has 1 aliphatic rings. The molecule has 1 aromatic rings. The van der Waals surface area contributed by atoms with Crippen LogP contribution in [-0.2, 0) is 4.74 Å². The summed E-state index contributed by atoms with van der Waals surface area (Å²) in [6.07, 6.45) is 0. The third-order valence-corrected chi connectivity index (χ3v) is 3.04. The van der Waals surface area contributed by atoms with Crippen molar-refractivity contribution >= 4 is 17.7 Å². The maximum atomic E-state index is 12.1. The van der Waals surface area contributed by atoms with Gasteiger partial charge in [0.25, 0.3) is 0 Å². The van der Waals surface area contributed by atoms with E-state index in [4.69, 9.17) is 9.84 Å². The summed E-state index contributed by atoms with van der Waals surface area (Å²) >= 11 is 0. The molecule has 3 N–H and O–H groups in total. The minimum atomic E-state index is -1.10. The first-order chi connectivity index (χ1) is 8.99. The van der Waals surface area contributed by atoms with E-state index in [0.29, 0.717) is 25.5 Å². The van der Waals surface area contributed by atoms with E-state index in [-0.39, 0.29) is 23.5 Å². The van der Waals surface area contributed by atoms with Gasteiger partial charge in [-0.05, 0) is 19.9 Å². The summed E-state index contributed by atoms with van der Waals surface area (Å²) in [5.74, 6) is -1.10. The number of carbonyl (C=O) groups is 2. The smallest absolute Gasteiger partial charge is 0.354 e. The Morgan fingerprint density at radius 1 is 1.58 bits per heavy atom. The fourth-order valence-corrected chi connectivity index (χ4v) is 2.07. The van der Waals surface area contributed by atoms with Crippen molar-refractivity contribution < 1.29 is 19.4 Å². The van der Waals surface area contributed by atoms with Crippen LogP contribution in [0.5, 0.6) is 0 Å². The summed E-state index contributed by atoms with van der Waals surface area (Å²) in [5.41, 5.74) is 0.961. The molecule has 19 heavy (non-hydrogen) atoms. The van der Waals surface area contributed by atoms with E-state index in [1.807, 2.05) is 6.92 Å². The first kappa shape index (κ1) is 13.4. The molecule has 2 amide bonds. The highest BCUT2D eigenvalue weighted by molar-refractivity contribution is 5.99. The van der Waals surface area contributed by atoms with Gasteiger partial charge in [0.2, 0.25) is 0 Å². The summed E-state index contributed by atoms with van der Waals surface area (Å²) in [6.45, 7) is 5.11. The van der Waals surface area contributed by atoms with Crippen LogP contribution >= 0.6 is 0 Å². The zero-order valence-electron chi connectivity index (χ0n) is 10.9. The van der Waals surface area contributed by atoms with Crippen molar-refractivity contribution in [3.8, 4) is 0 Å². The Balaban J connectivity index is 2.12. The molecule has 1 saturated heterocycles. The van der Waals surface area contributed by atoms with Crippen LogP contribution in [0.25, 0.3) is 0 Å². The molecular weight excluding hydrogens is 250 g/mol. The number of anilines is 1. The largest absolute Gasteiger partial charge is 0.477 e. The van der Waals surface area contributed by atoms with E-state index in [2.05, 4.69) is 10.3 Å². The average Bonchev–Trinajstić information content (AvgIpc) is 2.70. The number of amides is 2. The molecule has 1 atom stereocenters. The van der Waals surface area contributed by atoms with Gasteiger partial charge in [-0.1, -0.05) is 0 Å². The number of H-pyrrole nitrogens is 1. The van der Waals surface area contributed by atoms with Crippen molar-refractivity contribution in [2.75, 3.05) is 25.1 Å². The monoisotopic (exact) mass is 267 g/mol. The number of morpholine rings is 1. The van der Waals surface area contributed by atoms with Crippen molar-refractivity contribution in [3.05, 3.63) is 17.5 Å². The molecule has 1 aromatic heterocycles. The van der Waals surface area contributed by atoms with Crippen LogP contribution in [0.1, 0.15) is 23.1 Å². The molecule has 2 heterocycles. The normalized spacial score (nSPS) is 19.3. The van der Waals surface area contributed by atoms with E-state index in [1.54, 1.807) is 17.9 Å². The Bertz CT molecular complexity index is 497. The highest BCUT2D eigenvalue weighted by Gasteiger charge is 2.25. The molecule has 0 radical (unpaired) electrons. The second-order valence-electron chi connectivity index (χ2n) is 4.59. The van der Waals surface area contributed by atoms with Gasteiger partial charge in [-0.3, -0.25) is 0 Å². The number of rotatable bonds is 2. The lowest BCUT2D eigenvalue weighted by atomic mass is 10.2. The van der Waals surface area contributed by atoms with E-state index in [9.17, 15) is 9.59 Å². The number of carboxylic acid groups (broad SMARTS) is 1. The maximum Gasteiger partial charge on any atom is 0.354 e. The second kappa shape index (κ2) is 5.31. The topological polar surface area (TPSA) is 94.7 Å². The Labute approximate surface area is 110 Å². The van der Waals surface area contributed by atoms with Crippen LogP contribution in [0.4, 0.5) is 10.5 Å². The van der Waals surface area contributed by atoms with Crippen molar-refractivity contribution in [2.45, 2.75) is 19.9 Å². The molecule has 7 nitrogen and oxygen atoms in total. The minimum absolute atomic E-state index is 0.00763. The van der Waals surface area contributed by atoms with Gasteiger partial charge in [0, 0.05) is 12.2 Å². The molecule has 2 rings (SSSR count). The highest BCUT2D eigenvalue weighted by atomic mass is 16.5. The summed E-state index contributed by atoms with van der Waals surface area (Å²) < 4.78 is 5.26. The lowest BCUT2D eigenvalue weighted by Crippen LogP contribution is -2.48. The van der Waals surface area contributed by atoms with Crippen molar-refractivity contribution in [1.29, 1.82) is 0 Å². The fraction of sp³-hybridized carbons (Fsp3) is 0.500. The lowest BCUT2D eigenvalue weighted by Gasteiger charge is -2.33. The number of urea groups is 1. The number of nitrogens with one attached hydrogen (secondary N) is 2. The quantitative estimate of drug-likeness (QED) is 0.752. The van der Waals surface area contributed by atoms with Gasteiger partial charge < -0.3 is 25.0 Å². The van der Waals surface area contributed by atoms with Crippen LogP contribution in [0, 0.1) is 6.92 Å². The number of hydrogen-bond acceptors (Lipinski definition) is 3. The minimum Gasteiger partial charge on any atom is -0.477 e. The van der Waals surface area contributed by atoms with E-state index in [1.165, 1.54) is 0 Å². The average molecular weight is 267 g/mol. The zero-order valence-corrected chi connectivity index (χ0v) is 10.9. The highest BCUT2D eigenvalue weighted by Crippen LogP contribution is 2.18. The molecule has 7 heteroatoms. The Hall–Kier alpha value is -2.02. The van der Waals surface area contributed by atoms with Gasteiger partial charge in [-0.25, -0.2) is 9.59 Å². The fourth-order valence-electron chi connectivity index (χ4n) is 2.07. The van der Waals surface area contributed by atoms with Crippen molar-refractivity contribution in [2.24, 2.45) is 0 Å². The third kappa shape index (κ3) is 2.87. The van der Waals surface area contributed by atoms with Gasteiger partial charge in [0.05, 0.1) is 24.9 Å². The molecular formula is C12H17N3O4. The Morgan fingerprint density at radius 2 is 2.32 bits per heavy atom. The predicted octanol–water partition coefficient (Wildman–Crippen LogP) is 1.27. The van der Waals surface area contributed by atoms with Gasteiger partial charge in [0.15, 0.2) is 0 Å². The SMILES string of the molecule is Cc1cc(NC(=O)N2CCOCC2C)c(C(=O)O)[nH]1. The number of aromatic nitrogens is 1. The molecule has 0 aliphatic carbocycles. The molecule has 1 fully saturated rings. The molecule has 0 spiro atoms. The molecule has 0 bridgehead atoms. The van der Waals surface area contributed by atoms with Crippen LogP contribution in [0.2, 0.25) is 0 Å². The number of nitrogens with zero attached hydrogens (tertiary/aromatic N) is 1. The number of carbonyl (C=O) groups excluding carboxylic acids is 1. The number of aromatic amines is 1. The number of aromatic carboxylic acids is 1. The molecule has 0 aromatic carbocycles. The molecule has 104 valence electrons. The van der Waals surface area contributed by atoms with Crippen molar-refractivity contribution in [3.63, 3.8) is 0 Å². The lowest BCUT2D eigenvalue weighted by molar-refractivity contribution is 0.0221. The predicted molar refractivity (Wildman–Crippen MR) is 68.5 cm³/mol. The van der Waals surface area contributed by atoms with Gasteiger partial charge in [0.1, 0.15) is 5.69 Å². The summed E-state index contributed by atoms with van der Waals surface area (Å²) in [7, 11) is 0. The van der Waals surface area contributed by atoms with Crippen LogP contribution in [0.15, 0.2) is 6.07 Å². The van der Waals surface area contributed by atoms with E-state index in [0.717, 1.165) is 0 Å². The van der Waals surface area contributed by atoms with Crippen LogP contribution in [-0.4, -0.2) is 52.8 Å². The molecule has 1 aliphatic heterocycles. The van der Waals surface area contributed by atoms with Crippen LogP contribution < -0.4 is 5.32 Å². The Morgan fingerprint density at radius 3 is 2.95 bits per heavy atom. The van der Waals surface area contributed by atoms with Crippen LogP contribution in [0.3, 0.4) is 0 Å². The molecule has 0 saturated carbocycles. The van der Waals surface area contributed by atoms with Gasteiger partial charge in [-0.2, -0.15) is 0 Å². The first-order valence-corrected chi connectivity index (χ1v) is 6.07. The van der Waals surface area contributed by atoms with Gasteiger partial charge in [-0.15, -0.1) is 0 Å². The molecule has 1 unspecified atom stereocenters. The standard InChI is InChI=1S/C12H17N3O4/c1-7-5-9(10(13-7)11(16)17)14-12(18)15-3-4-19-6-8(15)2/h5,8,13H,3-4,6H2,1-2H3,(H,14,18)(H,16,17). The maximum absolute atomic E-state index is 12.1. The Kier molecular flexibility index (Phi) is 3.75. The summed E-state index contributed by atoms with van der Waals surface area (Å²) in [5, 5.41) is 11.7. The summed E-state index contributed by atoms with van der Waals surface area (Å²) in [6, 6.07) is 1.27. The first-order valence-electron chi connectivity index (χ1n) is 6.07. The van der Waals surface area contributed by atoms with E-state index >= 15 is 0 Å². The third-order valence-electron chi connectivity index (χ3n) is 3.04. The number of aryl methyl sites for hydroxylation is 1. The zero-order chi connectivity index (χ0) is 14.0.